The van der Waals surface area contributed by atoms with E-state index in [9.17, 15) is 0 Å². The zero-order valence-corrected chi connectivity index (χ0v) is 55.1. The highest BCUT2D eigenvalue weighted by molar-refractivity contribution is 6.16. The van der Waals surface area contributed by atoms with Crippen LogP contribution in [0.2, 0.25) is 0 Å². The normalized spacial score (nSPS) is 11.7. The van der Waals surface area contributed by atoms with Crippen LogP contribution in [-0.2, 0) is 0 Å². The van der Waals surface area contributed by atoms with Gasteiger partial charge in [-0.25, -0.2) is 4.98 Å². The van der Waals surface area contributed by atoms with Crippen LogP contribution in [0.25, 0.3) is 144 Å². The third kappa shape index (κ3) is 9.27. The molecule has 8 heterocycles. The molecule has 478 valence electrons. The van der Waals surface area contributed by atoms with Crippen LogP contribution in [0.4, 0.5) is 34.1 Å². The summed E-state index contributed by atoms with van der Waals surface area (Å²) in [6, 6.07) is 118. The molecule has 0 fully saturated rings. The average molecular weight is 1310 g/mol. The molecule has 102 heavy (non-hydrogen) atoms. The Balaban J connectivity index is 0.916. The number of anilines is 6. The summed E-state index contributed by atoms with van der Waals surface area (Å²) in [4.78, 5) is 25.5. The van der Waals surface area contributed by atoms with E-state index in [1.165, 1.54) is 0 Å². The molecule has 10 heteroatoms. The lowest BCUT2D eigenvalue weighted by molar-refractivity contribution is 0.986. The van der Waals surface area contributed by atoms with Crippen LogP contribution in [0.15, 0.2) is 365 Å². The Hall–Kier alpha value is -14.0. The minimum atomic E-state index is 0.736. The van der Waals surface area contributed by atoms with Gasteiger partial charge in [0, 0.05) is 131 Å². The van der Waals surface area contributed by atoms with Gasteiger partial charge in [-0.15, -0.1) is 0 Å². The molecule has 0 N–H and O–H groups in total. The van der Waals surface area contributed by atoms with Crippen LogP contribution < -0.4 is 9.80 Å². The molecular formula is C92H60N10. The predicted molar refractivity (Wildman–Crippen MR) is 421 cm³/mol. The number of hydrogen-bond donors (Lipinski definition) is 0. The van der Waals surface area contributed by atoms with Crippen LogP contribution >= 0.6 is 0 Å². The second-order valence-electron chi connectivity index (χ2n) is 25.8. The lowest BCUT2D eigenvalue weighted by atomic mass is 9.88. The molecule has 0 aliphatic rings. The van der Waals surface area contributed by atoms with Crippen molar-refractivity contribution in [2.24, 2.45) is 0 Å². The van der Waals surface area contributed by atoms with Gasteiger partial charge in [0.05, 0.1) is 49.8 Å². The lowest BCUT2D eigenvalue weighted by Crippen LogP contribution is -2.14. The predicted octanol–water partition coefficient (Wildman–Crippen LogP) is 23.6. The first kappa shape index (κ1) is 58.2. The molecule has 10 nitrogen and oxygen atoms in total. The first-order valence-corrected chi connectivity index (χ1v) is 34.4. The van der Waals surface area contributed by atoms with Crippen molar-refractivity contribution in [1.82, 2.24) is 38.2 Å². The Morgan fingerprint density at radius 1 is 0.225 bits per heavy atom. The van der Waals surface area contributed by atoms with Crippen molar-refractivity contribution in [2.45, 2.75) is 0 Å². The van der Waals surface area contributed by atoms with Gasteiger partial charge in [-0.1, -0.05) is 194 Å². The second kappa shape index (κ2) is 23.9. The maximum absolute atomic E-state index is 6.41. The van der Waals surface area contributed by atoms with Gasteiger partial charge in [0.1, 0.15) is 5.82 Å². The molecule has 0 atom stereocenters. The SMILES string of the molecule is c1ccc(-c2ccccc2-c2c(-c3ccc(-n4c5ccc(N(c6ccccc6)c6ccccc6)cc5c5cc(N(c6ccccc6)c6ccccc6)ccc54)cc3)c(-n3c4ccccc4c4cnccc43)nc(-n3c4ccccc4c4cnccc43)c2-n2c3ccccc3c3cnccc32)cc1. The summed E-state index contributed by atoms with van der Waals surface area (Å²) in [5, 5.41) is 8.52. The van der Waals surface area contributed by atoms with Gasteiger partial charge in [0.15, 0.2) is 5.82 Å². The Labute approximate surface area is 587 Å². The average Bonchev–Trinajstić information content (AvgIpc) is 1.45. The first-order valence-electron chi connectivity index (χ1n) is 34.4. The minimum absolute atomic E-state index is 0.736. The quantitative estimate of drug-likeness (QED) is 0.114. The highest BCUT2D eigenvalue weighted by Crippen LogP contribution is 2.52. The van der Waals surface area contributed by atoms with E-state index in [4.69, 9.17) is 19.9 Å². The fourth-order valence-corrected chi connectivity index (χ4v) is 15.9. The molecular weight excluding hydrogens is 1250 g/mol. The summed E-state index contributed by atoms with van der Waals surface area (Å²) in [5.41, 5.74) is 22.4. The highest BCUT2D eigenvalue weighted by Gasteiger charge is 2.33. The number of rotatable bonds is 13. The van der Waals surface area contributed by atoms with Gasteiger partial charge in [-0.2, -0.15) is 0 Å². The number of aromatic nitrogens is 8. The van der Waals surface area contributed by atoms with Crippen molar-refractivity contribution in [2.75, 3.05) is 9.80 Å². The summed E-state index contributed by atoms with van der Waals surface area (Å²) in [6.45, 7) is 0. The van der Waals surface area contributed by atoms with Crippen LogP contribution in [0, 0.1) is 0 Å². The number of pyridine rings is 4. The topological polar surface area (TPSA) is 77.8 Å². The van der Waals surface area contributed by atoms with Crippen molar-refractivity contribution in [3.63, 3.8) is 0 Å². The maximum Gasteiger partial charge on any atom is 0.165 e. The van der Waals surface area contributed by atoms with Gasteiger partial charge in [0.25, 0.3) is 0 Å². The van der Waals surface area contributed by atoms with Gasteiger partial charge in [-0.3, -0.25) is 24.1 Å². The van der Waals surface area contributed by atoms with Gasteiger partial charge in [0.2, 0.25) is 0 Å². The summed E-state index contributed by atoms with van der Waals surface area (Å²) in [5.74, 6) is 1.49. The monoisotopic (exact) mass is 1300 g/mol. The third-order valence-electron chi connectivity index (χ3n) is 20.2. The Bertz CT molecular complexity index is 6240. The van der Waals surface area contributed by atoms with Crippen molar-refractivity contribution in [3.05, 3.63) is 365 Å². The van der Waals surface area contributed by atoms with E-state index in [-0.39, 0.29) is 0 Å². The first-order chi connectivity index (χ1) is 50.7. The fourth-order valence-electron chi connectivity index (χ4n) is 15.9. The van der Waals surface area contributed by atoms with Crippen LogP contribution in [-0.4, -0.2) is 38.2 Å². The molecule has 20 aromatic rings. The molecule has 20 rings (SSSR count). The standard InChI is InChI=1S/C92H60N10/c1-6-24-61(25-7-1)70-34-16-17-38-74(70)89-88(62-42-44-67(45-43-62)99-83-48-46-68(97(63-26-8-2-9-27-63)64-28-10-3-11-29-64)56-75(83)76-57-69(47-49-84(76)99)98(65-30-12-4-13-31-65)66-32-14-5-15-33-66)91(101-81-40-22-19-36-72(81)78-59-94-54-51-86(78)101)96-92(102-82-41-23-20-37-73(82)79-60-95-55-52-87(79)102)90(89)100-80-39-21-18-35-71(80)77-58-93-53-50-85(77)100/h1-60H. The Kier molecular flexibility index (Phi) is 13.7. The number of hydrogen-bond acceptors (Lipinski definition) is 6. The van der Waals surface area contributed by atoms with Gasteiger partial charge in [-0.05, 0) is 156 Å². The minimum Gasteiger partial charge on any atom is -0.310 e. The molecule has 0 bridgehead atoms. The summed E-state index contributed by atoms with van der Waals surface area (Å²) < 4.78 is 9.66. The zero-order valence-electron chi connectivity index (χ0n) is 55.1. The summed E-state index contributed by atoms with van der Waals surface area (Å²) >= 11 is 0. The van der Waals surface area contributed by atoms with Crippen LogP contribution in [0.1, 0.15) is 0 Å². The van der Waals surface area contributed by atoms with Gasteiger partial charge < -0.3 is 18.9 Å². The molecule has 0 aliphatic carbocycles. The van der Waals surface area contributed by atoms with E-state index < -0.39 is 0 Å². The number of fused-ring (bicyclic) bond motifs is 12. The van der Waals surface area contributed by atoms with E-state index in [1.54, 1.807) is 0 Å². The van der Waals surface area contributed by atoms with Crippen LogP contribution in [0.5, 0.6) is 0 Å². The third-order valence-corrected chi connectivity index (χ3v) is 20.2. The molecule has 0 unspecified atom stereocenters. The summed E-state index contributed by atoms with van der Waals surface area (Å²) in [6.07, 6.45) is 11.7. The molecule has 12 aromatic carbocycles. The molecule has 0 aliphatic heterocycles. The fraction of sp³-hybridized carbons (Fsp3) is 0. The van der Waals surface area contributed by atoms with Crippen LogP contribution in [0.3, 0.4) is 0 Å². The van der Waals surface area contributed by atoms with Crippen molar-refractivity contribution < 1.29 is 0 Å². The van der Waals surface area contributed by atoms with E-state index in [1.807, 2.05) is 37.2 Å². The Morgan fingerprint density at radius 3 is 1.05 bits per heavy atom. The van der Waals surface area contributed by atoms with Gasteiger partial charge >= 0.3 is 0 Å². The Morgan fingerprint density at radius 2 is 0.588 bits per heavy atom. The van der Waals surface area contributed by atoms with E-state index in [2.05, 4.69) is 356 Å². The maximum atomic E-state index is 6.41. The number of para-hydroxylation sites is 7. The zero-order chi connectivity index (χ0) is 67.2. The van der Waals surface area contributed by atoms with Crippen molar-refractivity contribution >= 4 is 121 Å². The molecule has 0 saturated heterocycles. The van der Waals surface area contributed by atoms with Crippen molar-refractivity contribution in [3.8, 4) is 56.4 Å². The lowest BCUT2D eigenvalue weighted by Gasteiger charge is -2.27. The molecule has 0 radical (unpaired) electrons. The molecule has 8 aromatic heterocycles. The van der Waals surface area contributed by atoms with E-state index in [0.29, 0.717) is 0 Å². The van der Waals surface area contributed by atoms with E-state index >= 15 is 0 Å². The van der Waals surface area contributed by atoms with Crippen molar-refractivity contribution in [1.29, 1.82) is 0 Å². The molecule has 0 spiro atoms. The largest absolute Gasteiger partial charge is 0.310 e. The summed E-state index contributed by atoms with van der Waals surface area (Å²) in [7, 11) is 0. The molecule has 0 amide bonds. The molecule has 0 saturated carbocycles. The highest BCUT2D eigenvalue weighted by atomic mass is 15.2. The number of nitrogens with zero attached hydrogens (tertiary/aromatic N) is 10. The smallest absolute Gasteiger partial charge is 0.165 e. The number of benzene rings is 12. The second-order valence-corrected chi connectivity index (χ2v) is 25.8. The van der Waals surface area contributed by atoms with E-state index in [0.717, 1.165) is 178 Å².